The summed E-state index contributed by atoms with van der Waals surface area (Å²) in [6.07, 6.45) is 12.4. The van der Waals surface area contributed by atoms with E-state index >= 15 is 0 Å². The molecule has 0 fully saturated rings. The lowest BCUT2D eigenvalue weighted by molar-refractivity contribution is 0.691. The molecular formula is C17H32Si. The molecule has 0 heterocycles. The first kappa shape index (κ1) is 15.8. The Kier molecular flexibility index (Phi) is 5.90. The van der Waals surface area contributed by atoms with Crippen molar-refractivity contribution < 1.29 is 0 Å². The second-order valence-electron chi connectivity index (χ2n) is 6.19. The number of hydrogen-bond donors (Lipinski definition) is 0. The van der Waals surface area contributed by atoms with Gasteiger partial charge in [-0.3, -0.25) is 0 Å². The van der Waals surface area contributed by atoms with Crippen molar-refractivity contribution in [3.8, 4) is 0 Å². The van der Waals surface area contributed by atoms with Crippen LogP contribution in [0.1, 0.15) is 67.2 Å². The molecular weight excluding hydrogens is 232 g/mol. The predicted octanol–water partition coefficient (Wildman–Crippen LogP) is 6.26. The molecule has 0 aromatic carbocycles. The van der Waals surface area contributed by atoms with Crippen molar-refractivity contribution in [3.63, 3.8) is 0 Å². The minimum atomic E-state index is -1.37. The van der Waals surface area contributed by atoms with Crippen LogP contribution in [0.2, 0.25) is 16.6 Å². The van der Waals surface area contributed by atoms with E-state index in [1.165, 1.54) is 25.7 Å². The van der Waals surface area contributed by atoms with Gasteiger partial charge in [-0.2, -0.15) is 0 Å². The van der Waals surface area contributed by atoms with Crippen molar-refractivity contribution in [3.05, 3.63) is 23.4 Å². The van der Waals surface area contributed by atoms with Crippen LogP contribution in [-0.4, -0.2) is 8.07 Å². The van der Waals surface area contributed by atoms with E-state index in [-0.39, 0.29) is 0 Å². The Balaban J connectivity index is 3.25. The van der Waals surface area contributed by atoms with Crippen molar-refractivity contribution in [1.29, 1.82) is 0 Å². The second-order valence-corrected chi connectivity index (χ2v) is 11.7. The average Bonchev–Trinajstić information content (AvgIpc) is 2.92. The Labute approximate surface area is 116 Å². The first-order valence-corrected chi connectivity index (χ1v) is 10.1. The van der Waals surface area contributed by atoms with Gasteiger partial charge in [-0.15, -0.1) is 0 Å². The van der Waals surface area contributed by atoms with Gasteiger partial charge in [0.05, 0.1) is 8.07 Å². The van der Waals surface area contributed by atoms with Gasteiger partial charge in [0.25, 0.3) is 0 Å². The maximum Gasteiger partial charge on any atom is 0.0902 e. The van der Waals surface area contributed by atoms with E-state index in [4.69, 9.17) is 0 Å². The lowest BCUT2D eigenvalue weighted by atomic mass is 10.3. The van der Waals surface area contributed by atoms with E-state index in [9.17, 15) is 0 Å². The topological polar surface area (TPSA) is 0 Å². The van der Waals surface area contributed by atoms with Crippen LogP contribution in [0.3, 0.4) is 0 Å². The summed E-state index contributed by atoms with van der Waals surface area (Å²) in [4.78, 5) is 0. The number of allylic oxidation sites excluding steroid dienone is 4. The van der Waals surface area contributed by atoms with Crippen LogP contribution in [0.5, 0.6) is 0 Å². The highest BCUT2D eigenvalue weighted by Crippen LogP contribution is 2.52. The average molecular weight is 265 g/mol. The zero-order chi connectivity index (χ0) is 13.8. The third-order valence-electron chi connectivity index (χ3n) is 5.61. The molecule has 0 spiro atoms. The molecule has 0 amide bonds. The summed E-state index contributed by atoms with van der Waals surface area (Å²) >= 11 is 0. The predicted molar refractivity (Wildman–Crippen MR) is 86.7 cm³/mol. The molecule has 1 heteroatoms. The molecule has 1 rings (SSSR count). The van der Waals surface area contributed by atoms with Crippen molar-refractivity contribution in [1.82, 2.24) is 0 Å². The third kappa shape index (κ3) is 2.52. The largest absolute Gasteiger partial charge is 0.0902 e. The second kappa shape index (κ2) is 6.74. The fraction of sp³-hybridized carbons (Fsp3) is 0.765. The highest BCUT2D eigenvalue weighted by atomic mass is 28.3. The van der Waals surface area contributed by atoms with E-state index in [2.05, 4.69) is 59.8 Å². The molecule has 1 aliphatic rings. The highest BCUT2D eigenvalue weighted by Gasteiger charge is 2.48. The molecule has 0 aromatic heterocycles. The summed E-state index contributed by atoms with van der Waals surface area (Å²) < 4.78 is 0. The third-order valence-corrected chi connectivity index (χ3v) is 13.2. The molecule has 0 radical (unpaired) electrons. The van der Waals surface area contributed by atoms with Gasteiger partial charge in [0.1, 0.15) is 0 Å². The van der Waals surface area contributed by atoms with E-state index < -0.39 is 8.07 Å². The van der Waals surface area contributed by atoms with Gasteiger partial charge in [-0.05, 0) is 23.0 Å². The van der Waals surface area contributed by atoms with Crippen LogP contribution >= 0.6 is 0 Å². The van der Waals surface area contributed by atoms with Crippen molar-refractivity contribution in [2.75, 3.05) is 0 Å². The Morgan fingerprint density at radius 1 is 0.944 bits per heavy atom. The standard InChI is InChI=1S/C17H32Si/c1-7-14(4)18(15(5)8-2,16(6)9-3)17-12-10-11-13-17/h10-12,14-16H,7-9,13H2,1-6H3. The van der Waals surface area contributed by atoms with E-state index in [0.717, 1.165) is 16.6 Å². The lowest BCUT2D eigenvalue weighted by Crippen LogP contribution is -2.48. The van der Waals surface area contributed by atoms with Crippen LogP contribution in [0.15, 0.2) is 23.4 Å². The molecule has 3 unspecified atom stereocenters. The van der Waals surface area contributed by atoms with Gasteiger partial charge in [0, 0.05) is 0 Å². The minimum Gasteiger partial charge on any atom is -0.0809 e. The molecule has 0 saturated carbocycles. The Bertz CT molecular complexity index is 287. The van der Waals surface area contributed by atoms with Gasteiger partial charge >= 0.3 is 0 Å². The van der Waals surface area contributed by atoms with Crippen molar-refractivity contribution in [2.24, 2.45) is 0 Å². The summed E-state index contributed by atoms with van der Waals surface area (Å²) in [5, 5.41) is 1.83. The van der Waals surface area contributed by atoms with Gasteiger partial charge in [-0.1, -0.05) is 84.2 Å². The van der Waals surface area contributed by atoms with Crippen molar-refractivity contribution >= 4 is 8.07 Å². The zero-order valence-electron chi connectivity index (χ0n) is 13.3. The van der Waals surface area contributed by atoms with E-state index in [1.54, 1.807) is 0 Å². The number of rotatable bonds is 7. The van der Waals surface area contributed by atoms with Gasteiger partial charge in [0.2, 0.25) is 0 Å². The summed E-state index contributed by atoms with van der Waals surface area (Å²) in [6, 6.07) is 0. The molecule has 0 aliphatic heterocycles. The highest BCUT2D eigenvalue weighted by molar-refractivity contribution is 6.90. The summed E-state index contributed by atoms with van der Waals surface area (Å²) in [7, 11) is -1.37. The lowest BCUT2D eigenvalue weighted by Gasteiger charge is -2.47. The van der Waals surface area contributed by atoms with Crippen LogP contribution in [0, 0.1) is 0 Å². The maximum atomic E-state index is 2.53. The van der Waals surface area contributed by atoms with Crippen LogP contribution in [0.25, 0.3) is 0 Å². The van der Waals surface area contributed by atoms with Gasteiger partial charge in [-0.25, -0.2) is 0 Å². The molecule has 0 bridgehead atoms. The van der Waals surface area contributed by atoms with Crippen LogP contribution < -0.4 is 0 Å². The molecule has 1 aliphatic carbocycles. The fourth-order valence-corrected chi connectivity index (χ4v) is 11.9. The monoisotopic (exact) mass is 264 g/mol. The summed E-state index contributed by atoms with van der Waals surface area (Å²) in [5.74, 6) is 0. The first-order chi connectivity index (χ1) is 8.55. The maximum absolute atomic E-state index is 2.53. The normalized spacial score (nSPS) is 23.3. The Morgan fingerprint density at radius 2 is 1.39 bits per heavy atom. The fourth-order valence-electron chi connectivity index (χ4n) is 4.19. The van der Waals surface area contributed by atoms with Crippen LogP contribution in [-0.2, 0) is 0 Å². The molecule has 0 aromatic rings. The Hall–Kier alpha value is -0.303. The number of hydrogen-bond acceptors (Lipinski definition) is 0. The van der Waals surface area contributed by atoms with E-state index in [0.29, 0.717) is 0 Å². The molecule has 0 saturated heterocycles. The van der Waals surface area contributed by atoms with Crippen LogP contribution in [0.4, 0.5) is 0 Å². The van der Waals surface area contributed by atoms with E-state index in [1.807, 2.05) is 5.20 Å². The summed E-state index contributed by atoms with van der Waals surface area (Å²) in [6.45, 7) is 14.8. The van der Waals surface area contributed by atoms with Crippen molar-refractivity contribution in [2.45, 2.75) is 83.8 Å². The minimum absolute atomic E-state index is 0.911. The van der Waals surface area contributed by atoms with Gasteiger partial charge < -0.3 is 0 Å². The SMILES string of the molecule is CCC(C)[Si](C1=CC=CC1)(C(C)CC)C(C)CC. The first-order valence-electron chi connectivity index (χ1n) is 7.91. The quantitative estimate of drug-likeness (QED) is 0.476. The smallest absolute Gasteiger partial charge is 0.0809 e. The Morgan fingerprint density at radius 3 is 1.67 bits per heavy atom. The molecule has 3 atom stereocenters. The zero-order valence-corrected chi connectivity index (χ0v) is 14.3. The molecule has 0 nitrogen and oxygen atoms in total. The van der Waals surface area contributed by atoms with Gasteiger partial charge in [0.15, 0.2) is 0 Å². The molecule has 104 valence electrons. The summed E-state index contributed by atoms with van der Waals surface area (Å²) in [5.41, 5.74) is 2.73. The molecule has 18 heavy (non-hydrogen) atoms. The molecule has 0 N–H and O–H groups in total.